The van der Waals surface area contributed by atoms with Gasteiger partial charge in [0.15, 0.2) is 5.78 Å². The number of benzene rings is 1. The van der Waals surface area contributed by atoms with Crippen LogP contribution >= 0.6 is 0 Å². The molecule has 16 heavy (non-hydrogen) atoms. The number of allylic oxidation sites excluding steroid dienone is 2. The number of ketones is 1. The van der Waals surface area contributed by atoms with E-state index in [1.807, 2.05) is 18.2 Å². The van der Waals surface area contributed by atoms with Gasteiger partial charge in [-0.3, -0.25) is 4.79 Å². The van der Waals surface area contributed by atoms with Crippen molar-refractivity contribution in [1.82, 2.24) is 0 Å². The molecule has 1 heteroatoms. The first-order valence-electron chi connectivity index (χ1n) is 6.10. The maximum atomic E-state index is 11.8. The summed E-state index contributed by atoms with van der Waals surface area (Å²) in [5.74, 6) is 0.669. The van der Waals surface area contributed by atoms with Crippen molar-refractivity contribution >= 4 is 5.78 Å². The Morgan fingerprint density at radius 3 is 2.69 bits per heavy atom. The molecule has 0 spiro atoms. The van der Waals surface area contributed by atoms with Crippen LogP contribution in [0.1, 0.15) is 44.1 Å². The molecule has 0 unspecified atom stereocenters. The molecule has 0 bridgehead atoms. The Bertz CT molecular complexity index is 389. The number of Topliss-reactive ketones (excluding diaryl/α,β-unsaturated/α-hetero) is 1. The average molecular weight is 214 g/mol. The van der Waals surface area contributed by atoms with Crippen LogP contribution in [0.3, 0.4) is 0 Å². The average Bonchev–Trinajstić information content (AvgIpc) is 2.69. The van der Waals surface area contributed by atoms with Crippen LogP contribution in [0, 0.1) is 0 Å². The third-order valence-corrected chi connectivity index (χ3v) is 3.19. The van der Waals surface area contributed by atoms with E-state index < -0.39 is 0 Å². The monoisotopic (exact) mass is 214 g/mol. The van der Waals surface area contributed by atoms with E-state index in [9.17, 15) is 4.79 Å². The Morgan fingerprint density at radius 1 is 1.25 bits per heavy atom. The topological polar surface area (TPSA) is 17.1 Å². The van der Waals surface area contributed by atoms with Crippen molar-refractivity contribution in [1.29, 1.82) is 0 Å². The smallest absolute Gasteiger partial charge is 0.159 e. The van der Waals surface area contributed by atoms with Crippen molar-refractivity contribution in [2.75, 3.05) is 0 Å². The summed E-state index contributed by atoms with van der Waals surface area (Å²) in [5, 5.41) is 0. The zero-order valence-electron chi connectivity index (χ0n) is 9.78. The molecule has 0 radical (unpaired) electrons. The Hall–Kier alpha value is -1.37. The zero-order chi connectivity index (χ0) is 11.4. The van der Waals surface area contributed by atoms with E-state index in [0.29, 0.717) is 18.1 Å². The van der Waals surface area contributed by atoms with Gasteiger partial charge in [-0.1, -0.05) is 49.8 Å². The SMILES string of the molecule is CCCCC1=C[C@H](c2ccccc2)CC1=O. The molecule has 0 amide bonds. The van der Waals surface area contributed by atoms with E-state index >= 15 is 0 Å². The van der Waals surface area contributed by atoms with Gasteiger partial charge in [0.05, 0.1) is 0 Å². The van der Waals surface area contributed by atoms with Crippen molar-refractivity contribution in [2.24, 2.45) is 0 Å². The molecule has 0 fully saturated rings. The predicted octanol–water partition coefficient (Wildman–Crippen LogP) is 3.86. The Kier molecular flexibility index (Phi) is 3.55. The molecule has 0 N–H and O–H groups in total. The Balaban J connectivity index is 2.10. The summed E-state index contributed by atoms with van der Waals surface area (Å²) in [4.78, 5) is 11.8. The molecule has 1 nitrogen and oxygen atoms in total. The van der Waals surface area contributed by atoms with Gasteiger partial charge in [-0.05, 0) is 24.0 Å². The van der Waals surface area contributed by atoms with E-state index in [-0.39, 0.29) is 0 Å². The predicted molar refractivity (Wildman–Crippen MR) is 66.4 cm³/mol. The van der Waals surface area contributed by atoms with Gasteiger partial charge < -0.3 is 0 Å². The van der Waals surface area contributed by atoms with Crippen LogP contribution in [0.5, 0.6) is 0 Å². The quantitative estimate of drug-likeness (QED) is 0.743. The van der Waals surface area contributed by atoms with E-state index in [1.165, 1.54) is 5.56 Å². The lowest BCUT2D eigenvalue weighted by Gasteiger charge is -2.05. The van der Waals surface area contributed by atoms with Gasteiger partial charge in [0, 0.05) is 12.3 Å². The Labute approximate surface area is 97.2 Å². The van der Waals surface area contributed by atoms with Gasteiger partial charge in [0.1, 0.15) is 0 Å². The number of hydrogen-bond acceptors (Lipinski definition) is 1. The van der Waals surface area contributed by atoms with Gasteiger partial charge >= 0.3 is 0 Å². The highest BCUT2D eigenvalue weighted by molar-refractivity contribution is 5.98. The standard InChI is InChI=1S/C15H18O/c1-2-3-7-13-10-14(11-15(13)16)12-8-5-4-6-9-12/h4-6,8-10,14H,2-3,7,11H2,1H3/t14-/m0/s1. The zero-order valence-corrected chi connectivity index (χ0v) is 9.78. The number of rotatable bonds is 4. The highest BCUT2D eigenvalue weighted by Gasteiger charge is 2.24. The highest BCUT2D eigenvalue weighted by atomic mass is 16.1. The number of hydrogen-bond donors (Lipinski definition) is 0. The molecule has 1 aliphatic carbocycles. The summed E-state index contributed by atoms with van der Waals surface area (Å²) in [5.41, 5.74) is 2.32. The van der Waals surface area contributed by atoms with Crippen molar-refractivity contribution < 1.29 is 4.79 Å². The second-order valence-corrected chi connectivity index (χ2v) is 4.44. The lowest BCUT2D eigenvalue weighted by molar-refractivity contribution is -0.115. The largest absolute Gasteiger partial charge is 0.295 e. The molecule has 1 aliphatic rings. The summed E-state index contributed by atoms with van der Waals surface area (Å²) in [6.07, 6.45) is 6.08. The van der Waals surface area contributed by atoms with Crippen LogP contribution in [0.2, 0.25) is 0 Å². The van der Waals surface area contributed by atoms with E-state index in [2.05, 4.69) is 25.1 Å². The lowest BCUT2D eigenvalue weighted by atomic mass is 9.99. The van der Waals surface area contributed by atoms with Crippen molar-refractivity contribution in [3.05, 3.63) is 47.5 Å². The highest BCUT2D eigenvalue weighted by Crippen LogP contribution is 2.32. The lowest BCUT2D eigenvalue weighted by Crippen LogP contribution is -1.98. The van der Waals surface area contributed by atoms with Crippen LogP contribution in [0.25, 0.3) is 0 Å². The van der Waals surface area contributed by atoms with Crippen LogP contribution in [0.15, 0.2) is 42.0 Å². The normalized spacial score (nSPS) is 19.9. The van der Waals surface area contributed by atoms with Crippen molar-refractivity contribution in [3.63, 3.8) is 0 Å². The van der Waals surface area contributed by atoms with Crippen LogP contribution < -0.4 is 0 Å². The number of unbranched alkanes of at least 4 members (excludes halogenated alkanes) is 1. The molecule has 0 aromatic heterocycles. The van der Waals surface area contributed by atoms with Gasteiger partial charge in [0.2, 0.25) is 0 Å². The number of carbonyl (C=O) groups is 1. The minimum absolute atomic E-state index is 0.320. The fourth-order valence-corrected chi connectivity index (χ4v) is 2.23. The first-order chi connectivity index (χ1) is 7.81. The van der Waals surface area contributed by atoms with Gasteiger partial charge in [-0.25, -0.2) is 0 Å². The van der Waals surface area contributed by atoms with Crippen molar-refractivity contribution in [3.8, 4) is 0 Å². The molecule has 0 heterocycles. The van der Waals surface area contributed by atoms with Crippen molar-refractivity contribution in [2.45, 2.75) is 38.5 Å². The maximum absolute atomic E-state index is 11.8. The molecule has 84 valence electrons. The Morgan fingerprint density at radius 2 is 2.00 bits per heavy atom. The second kappa shape index (κ2) is 5.11. The molecule has 0 saturated carbocycles. The minimum Gasteiger partial charge on any atom is -0.295 e. The van der Waals surface area contributed by atoms with Crippen LogP contribution in [0.4, 0.5) is 0 Å². The minimum atomic E-state index is 0.320. The summed E-state index contributed by atoms with van der Waals surface area (Å²) >= 11 is 0. The summed E-state index contributed by atoms with van der Waals surface area (Å²) in [6, 6.07) is 10.3. The molecule has 2 rings (SSSR count). The fourth-order valence-electron chi connectivity index (χ4n) is 2.23. The first-order valence-corrected chi connectivity index (χ1v) is 6.10. The number of carbonyl (C=O) groups excluding carboxylic acids is 1. The van der Waals surface area contributed by atoms with Crippen LogP contribution in [-0.2, 0) is 4.79 Å². The van der Waals surface area contributed by atoms with Gasteiger partial charge in [0.25, 0.3) is 0 Å². The third kappa shape index (κ3) is 2.41. The van der Waals surface area contributed by atoms with E-state index in [4.69, 9.17) is 0 Å². The molecule has 1 aromatic carbocycles. The van der Waals surface area contributed by atoms with E-state index in [1.54, 1.807) is 0 Å². The van der Waals surface area contributed by atoms with Crippen LogP contribution in [-0.4, -0.2) is 5.78 Å². The fraction of sp³-hybridized carbons (Fsp3) is 0.400. The third-order valence-electron chi connectivity index (χ3n) is 3.19. The maximum Gasteiger partial charge on any atom is 0.159 e. The van der Waals surface area contributed by atoms with E-state index in [0.717, 1.165) is 24.8 Å². The first kappa shape index (κ1) is 11.1. The van der Waals surface area contributed by atoms with Gasteiger partial charge in [-0.15, -0.1) is 0 Å². The van der Waals surface area contributed by atoms with Gasteiger partial charge in [-0.2, -0.15) is 0 Å². The molecule has 1 atom stereocenters. The molecule has 0 aliphatic heterocycles. The summed E-state index contributed by atoms with van der Waals surface area (Å²) in [7, 11) is 0. The molecule has 0 saturated heterocycles. The second-order valence-electron chi connectivity index (χ2n) is 4.44. The summed E-state index contributed by atoms with van der Waals surface area (Å²) < 4.78 is 0. The summed E-state index contributed by atoms with van der Waals surface area (Å²) in [6.45, 7) is 2.16. The molecular formula is C15H18O. The molecule has 1 aromatic rings. The molecular weight excluding hydrogens is 196 g/mol.